The molecule has 15 aromatic rings. The van der Waals surface area contributed by atoms with Crippen molar-refractivity contribution < 1.29 is 9.47 Å². The van der Waals surface area contributed by atoms with Crippen molar-refractivity contribution in [3.63, 3.8) is 0 Å². The van der Waals surface area contributed by atoms with Crippen LogP contribution in [0.2, 0.25) is 0 Å². The zero-order valence-corrected chi connectivity index (χ0v) is 67.1. The average Bonchev–Trinajstić information content (AvgIpc) is 1.59. The molecular weight excluding hydrogens is 1340 g/mol. The van der Waals surface area contributed by atoms with E-state index in [0.29, 0.717) is 5.92 Å². The van der Waals surface area contributed by atoms with E-state index < -0.39 is 0 Å². The smallest absolute Gasteiger partial charge is 0.119 e. The summed E-state index contributed by atoms with van der Waals surface area (Å²) in [4.78, 5) is 3.98. The molecule has 0 saturated heterocycles. The minimum absolute atomic E-state index is 0. The molecule has 4 aromatic heterocycles. The van der Waals surface area contributed by atoms with E-state index in [9.17, 15) is 0 Å². The highest BCUT2D eigenvalue weighted by Crippen LogP contribution is 2.38. The molecule has 0 spiro atoms. The van der Waals surface area contributed by atoms with Crippen molar-refractivity contribution in [3.05, 3.63) is 330 Å². The number of aromatic nitrogens is 4. The Kier molecular flexibility index (Phi) is 35.1. The average molecular weight is 1470 g/mol. The predicted octanol–water partition coefficient (Wildman–Crippen LogP) is 30.4. The van der Waals surface area contributed by atoms with E-state index in [4.69, 9.17) is 9.47 Å². The lowest BCUT2D eigenvalue weighted by Gasteiger charge is -2.19. The third-order valence-electron chi connectivity index (χ3n) is 19.7. The molecule has 1 unspecified atom stereocenters. The van der Waals surface area contributed by atoms with Crippen LogP contribution < -0.4 is 9.47 Å². The first kappa shape index (κ1) is 88.5. The molecule has 4 heterocycles. The maximum atomic E-state index is 5.81. The second-order valence-electron chi connectivity index (χ2n) is 30.5. The van der Waals surface area contributed by atoms with Crippen molar-refractivity contribution >= 4 is 65.4 Å². The molecule has 0 aliphatic carbocycles. The SMILES string of the molecule is C.C.C.CCCCC(CC)COc1ccc(C)cc1.CCCCCCOc1ccc(C)cc1.CCn1c2ccccc2c2ccccc21.Cc1ccc(-n2c3ccc(C(C)(C)C)cc3c3cc(C(C)(C)C)ccc32)cc1.Cc1ccc(-n2c3ccccc3c3ccccc32)cc1.Cc1ccccc1.Cc1ccccn1. The van der Waals surface area contributed by atoms with Crippen LogP contribution >= 0.6 is 0 Å². The molecule has 110 heavy (non-hydrogen) atoms. The van der Waals surface area contributed by atoms with E-state index in [0.717, 1.165) is 37.0 Å². The van der Waals surface area contributed by atoms with Gasteiger partial charge in [-0.2, -0.15) is 0 Å². The topological polar surface area (TPSA) is 46.1 Å². The van der Waals surface area contributed by atoms with Crippen molar-refractivity contribution in [2.75, 3.05) is 13.2 Å². The van der Waals surface area contributed by atoms with Gasteiger partial charge >= 0.3 is 0 Å². The lowest BCUT2D eigenvalue weighted by atomic mass is 9.85. The first-order valence-electron chi connectivity index (χ1n) is 39.1. The summed E-state index contributed by atoms with van der Waals surface area (Å²) >= 11 is 0. The number of nitrogens with zero attached hydrogens (tertiary/aromatic N) is 4. The largest absolute Gasteiger partial charge is 0.494 e. The highest BCUT2D eigenvalue weighted by atomic mass is 16.5. The number of fused-ring (bicyclic) bond motifs is 9. The third kappa shape index (κ3) is 24.8. The van der Waals surface area contributed by atoms with Gasteiger partial charge < -0.3 is 23.2 Å². The van der Waals surface area contributed by atoms with Crippen LogP contribution in [0.3, 0.4) is 0 Å². The number of hydrogen-bond donors (Lipinski definition) is 0. The molecule has 0 aliphatic rings. The van der Waals surface area contributed by atoms with Crippen molar-refractivity contribution in [1.82, 2.24) is 18.7 Å². The summed E-state index contributed by atoms with van der Waals surface area (Å²) in [6.07, 6.45) is 11.9. The van der Waals surface area contributed by atoms with E-state index in [1.807, 2.05) is 55.5 Å². The lowest BCUT2D eigenvalue weighted by Crippen LogP contribution is -2.11. The molecule has 6 nitrogen and oxygen atoms in total. The van der Waals surface area contributed by atoms with Crippen LogP contribution in [0.15, 0.2) is 285 Å². The fourth-order valence-electron chi connectivity index (χ4n) is 13.2. The monoisotopic (exact) mass is 1470 g/mol. The molecule has 6 heteroatoms. The van der Waals surface area contributed by atoms with Crippen LogP contribution in [0, 0.1) is 47.5 Å². The molecule has 0 N–H and O–H groups in total. The Bertz CT molecular complexity index is 4910. The van der Waals surface area contributed by atoms with Gasteiger partial charge in [0.2, 0.25) is 0 Å². The van der Waals surface area contributed by atoms with E-state index in [2.05, 4.69) is 353 Å². The number of ether oxygens (including phenoxy) is 2. The normalized spacial score (nSPS) is 11.1. The number of unbranched alkanes of at least 4 members (excludes halogenated alkanes) is 4. The molecule has 0 saturated carbocycles. The molecule has 11 aromatic carbocycles. The standard InChI is InChI=1S/C27H31N.C19H15N.C15H24O.C14H13N.C13H20O.C7H8.C6H7N.3CH4/c1-18-8-12-21(13-9-18)28-24-14-10-19(26(2,3)4)16-22(24)23-17-20(27(5,6)7)11-15-25(23)28;1-14-10-12-15(13-11-14)20-18-8-4-2-6-16(18)17-7-3-5-9-19(17)20;1-4-6-7-14(5-2)12-16-15-10-8-13(3)9-11-15;1-2-15-13-9-5-3-7-11(13)12-8-4-6-10-14(12)15;1-3-4-5-6-11-14-13-9-7-12(2)8-10-13;1-7-5-3-2-4-6-7;1-6-4-2-3-5-7-6;;;/h8-17H,1-7H3;2-13H,1H3;8-11,14H,4-7,12H2,1-3H3;3-10H,2H2,1H3;7-10H,3-6,11H2,1-2H3;2-6H,1H3;2-5H,1H3;3*1H4. The van der Waals surface area contributed by atoms with Crippen LogP contribution in [0.25, 0.3) is 76.8 Å². The lowest BCUT2D eigenvalue weighted by molar-refractivity contribution is 0.233. The summed E-state index contributed by atoms with van der Waals surface area (Å²) in [6, 6.07) is 98.6. The second kappa shape index (κ2) is 43.7. The Hall–Kier alpha value is -10.4. The molecule has 1 atom stereocenters. The van der Waals surface area contributed by atoms with Crippen LogP contribution in [0.1, 0.15) is 188 Å². The number of pyridine rings is 1. The predicted molar refractivity (Wildman–Crippen MR) is 485 cm³/mol. The number of para-hydroxylation sites is 4. The molecular formula is C104H130N4O2. The zero-order valence-electron chi connectivity index (χ0n) is 67.1. The van der Waals surface area contributed by atoms with Crippen molar-refractivity contribution in [3.8, 4) is 22.9 Å². The van der Waals surface area contributed by atoms with Gasteiger partial charge in [0.15, 0.2) is 0 Å². The van der Waals surface area contributed by atoms with Gasteiger partial charge in [-0.1, -0.05) is 321 Å². The molecule has 0 radical (unpaired) electrons. The Balaban J connectivity index is 0.000000208. The number of aryl methyl sites for hydroxylation is 7. The van der Waals surface area contributed by atoms with Crippen molar-refractivity contribution in [1.29, 1.82) is 0 Å². The first-order valence-corrected chi connectivity index (χ1v) is 39.1. The highest BCUT2D eigenvalue weighted by Gasteiger charge is 2.21. The minimum atomic E-state index is 0. The van der Waals surface area contributed by atoms with E-state index in [1.54, 1.807) is 6.20 Å². The van der Waals surface area contributed by atoms with Crippen LogP contribution in [-0.2, 0) is 17.4 Å². The summed E-state index contributed by atoms with van der Waals surface area (Å²) in [5.41, 5.74) is 20.7. The van der Waals surface area contributed by atoms with Crippen LogP contribution in [0.5, 0.6) is 11.5 Å². The molecule has 0 aliphatic heterocycles. The fraction of sp³-hybridized carbons (Fsp3) is 0.317. The summed E-state index contributed by atoms with van der Waals surface area (Å²) in [6.45, 7) is 37.9. The van der Waals surface area contributed by atoms with E-state index >= 15 is 0 Å². The molecule has 0 amide bonds. The van der Waals surface area contributed by atoms with Gasteiger partial charge in [0.25, 0.3) is 0 Å². The first-order chi connectivity index (χ1) is 51.7. The summed E-state index contributed by atoms with van der Waals surface area (Å²) in [5, 5.41) is 8.01. The van der Waals surface area contributed by atoms with Gasteiger partial charge in [-0.25, -0.2) is 0 Å². The quantitative estimate of drug-likeness (QED) is 0.0906. The Morgan fingerprint density at radius 1 is 0.336 bits per heavy atom. The van der Waals surface area contributed by atoms with Gasteiger partial charge in [0, 0.05) is 73.2 Å². The fourth-order valence-corrected chi connectivity index (χ4v) is 13.2. The van der Waals surface area contributed by atoms with Gasteiger partial charge in [-0.05, 0) is 198 Å². The van der Waals surface area contributed by atoms with Crippen molar-refractivity contribution in [2.45, 2.75) is 202 Å². The maximum Gasteiger partial charge on any atom is 0.119 e. The van der Waals surface area contributed by atoms with Gasteiger partial charge in [-0.3, -0.25) is 4.98 Å². The zero-order chi connectivity index (χ0) is 76.3. The Labute approximate surface area is 663 Å². The van der Waals surface area contributed by atoms with Crippen LogP contribution in [-0.4, -0.2) is 31.9 Å². The molecule has 578 valence electrons. The molecule has 0 fully saturated rings. The summed E-state index contributed by atoms with van der Waals surface area (Å²) in [7, 11) is 0. The highest BCUT2D eigenvalue weighted by molar-refractivity contribution is 6.11. The Morgan fingerprint density at radius 3 is 1.05 bits per heavy atom. The van der Waals surface area contributed by atoms with E-state index in [-0.39, 0.29) is 33.1 Å². The number of hydrogen-bond acceptors (Lipinski definition) is 3. The number of rotatable bonds is 16. The van der Waals surface area contributed by atoms with Crippen LogP contribution in [0.4, 0.5) is 0 Å². The second-order valence-corrected chi connectivity index (χ2v) is 30.5. The van der Waals surface area contributed by atoms with Crippen molar-refractivity contribution in [2.24, 2.45) is 5.92 Å². The number of benzene rings is 11. The molecule has 15 rings (SSSR count). The summed E-state index contributed by atoms with van der Waals surface area (Å²) < 4.78 is 18.5. The van der Waals surface area contributed by atoms with Gasteiger partial charge in [0.1, 0.15) is 11.5 Å². The van der Waals surface area contributed by atoms with Gasteiger partial charge in [0.05, 0.1) is 35.3 Å². The van der Waals surface area contributed by atoms with Gasteiger partial charge in [-0.15, -0.1) is 0 Å². The molecule has 0 bridgehead atoms. The maximum absolute atomic E-state index is 5.81. The Morgan fingerprint density at radius 2 is 0.700 bits per heavy atom. The summed E-state index contributed by atoms with van der Waals surface area (Å²) in [5.74, 6) is 2.70. The van der Waals surface area contributed by atoms with E-state index in [1.165, 1.54) is 167 Å². The third-order valence-corrected chi connectivity index (χ3v) is 19.7. The minimum Gasteiger partial charge on any atom is -0.494 e.